The molecule has 0 saturated heterocycles. The van der Waals surface area contributed by atoms with Gasteiger partial charge in [-0.1, -0.05) is 121 Å². The molecule has 166 valence electrons. The molecule has 1 aromatic heterocycles. The lowest BCUT2D eigenvalue weighted by atomic mass is 9.86. The highest BCUT2D eigenvalue weighted by molar-refractivity contribution is 5.99. The van der Waals surface area contributed by atoms with Gasteiger partial charge in [-0.25, -0.2) is 0 Å². The summed E-state index contributed by atoms with van der Waals surface area (Å²) in [5.74, 6) is 0. The Hall–Kier alpha value is -4.77. The lowest BCUT2D eigenvalue weighted by molar-refractivity contribution is -0.742. The Kier molecular flexibility index (Phi) is 7.06. The Bertz CT molecular complexity index is 1250. The second-order valence-corrected chi connectivity index (χ2v) is 7.47. The fraction of sp³-hybridized carbons (Fsp3) is 0. The highest BCUT2D eigenvalue weighted by Crippen LogP contribution is 2.44. The van der Waals surface area contributed by atoms with E-state index in [2.05, 4.69) is 115 Å². The van der Waals surface area contributed by atoms with E-state index in [1.165, 1.54) is 22.3 Å². The van der Waals surface area contributed by atoms with Gasteiger partial charge in [-0.3, -0.25) is 4.98 Å². The number of aromatic nitrogens is 1. The van der Waals surface area contributed by atoms with Crippen molar-refractivity contribution >= 4 is 0 Å². The smallest absolute Gasteiger partial charge is 0.291 e. The van der Waals surface area contributed by atoms with E-state index >= 15 is 0 Å². The summed E-state index contributed by atoms with van der Waals surface area (Å²) in [5, 5.41) is 13.6. The summed E-state index contributed by atoms with van der Waals surface area (Å²) in [5.41, 5.74) is 9.15. The number of nitrogens with zero attached hydrogens (tertiary/aromatic N) is 2. The standard InChI is InChI=1S/C29H21N.HNO3/c1-5-13-22(14-6-1)26-21-30-29(25-19-11-4-12-20-25)28(24-17-9-3-10-18-24)27(26)23-15-7-2-8-16-23;2-1(3)4/h1-21H;(H,2,3,4). The average molecular weight is 447 g/mol. The van der Waals surface area contributed by atoms with Crippen LogP contribution in [0, 0.1) is 10.1 Å². The zero-order valence-electron chi connectivity index (χ0n) is 18.3. The van der Waals surface area contributed by atoms with Crippen LogP contribution in [0.3, 0.4) is 0 Å². The van der Waals surface area contributed by atoms with Crippen LogP contribution in [-0.4, -0.2) is 15.3 Å². The van der Waals surface area contributed by atoms with Crippen molar-refractivity contribution in [3.8, 4) is 44.6 Å². The SMILES string of the molecule is O=[N+]([O-])O.c1ccc(-c2cnc(-c3ccccc3)c(-c3ccccc3)c2-c2ccccc2)cc1. The van der Waals surface area contributed by atoms with Crippen molar-refractivity contribution in [2.75, 3.05) is 0 Å². The zero-order valence-corrected chi connectivity index (χ0v) is 18.3. The summed E-state index contributed by atoms with van der Waals surface area (Å²) >= 11 is 0. The molecule has 5 heteroatoms. The van der Waals surface area contributed by atoms with Crippen LogP contribution in [0.1, 0.15) is 0 Å². The third-order valence-electron chi connectivity index (χ3n) is 5.34. The number of pyridine rings is 1. The number of rotatable bonds is 4. The predicted molar refractivity (Wildman–Crippen MR) is 135 cm³/mol. The Morgan fingerprint density at radius 2 is 0.912 bits per heavy atom. The van der Waals surface area contributed by atoms with E-state index in [1.807, 2.05) is 12.3 Å². The van der Waals surface area contributed by atoms with Crippen LogP contribution < -0.4 is 0 Å². The Morgan fingerprint density at radius 3 is 1.35 bits per heavy atom. The van der Waals surface area contributed by atoms with Crippen molar-refractivity contribution in [3.63, 3.8) is 0 Å². The summed E-state index contributed by atoms with van der Waals surface area (Å²) in [6.07, 6.45) is 2.02. The van der Waals surface area contributed by atoms with Gasteiger partial charge in [-0.15, -0.1) is 10.1 Å². The van der Waals surface area contributed by atoms with Crippen molar-refractivity contribution in [2.24, 2.45) is 0 Å². The second kappa shape index (κ2) is 10.7. The molecule has 0 atom stereocenters. The first kappa shape index (κ1) is 22.4. The molecule has 0 spiro atoms. The van der Waals surface area contributed by atoms with Gasteiger partial charge in [0.15, 0.2) is 0 Å². The molecular weight excluding hydrogens is 424 g/mol. The molecule has 0 unspecified atom stereocenters. The fourth-order valence-electron chi connectivity index (χ4n) is 3.95. The number of benzene rings is 4. The largest absolute Gasteiger partial charge is 0.328 e. The van der Waals surface area contributed by atoms with Gasteiger partial charge in [0.2, 0.25) is 0 Å². The highest BCUT2D eigenvalue weighted by atomic mass is 16.9. The van der Waals surface area contributed by atoms with Gasteiger partial charge in [-0.2, -0.15) is 0 Å². The second-order valence-electron chi connectivity index (χ2n) is 7.47. The summed E-state index contributed by atoms with van der Waals surface area (Å²) in [6.45, 7) is 0. The maximum absolute atomic E-state index is 8.36. The fourth-order valence-corrected chi connectivity index (χ4v) is 3.95. The van der Waals surface area contributed by atoms with Gasteiger partial charge >= 0.3 is 0 Å². The van der Waals surface area contributed by atoms with E-state index in [4.69, 9.17) is 20.3 Å². The molecule has 0 radical (unpaired) electrons. The Balaban J connectivity index is 0.000000636. The van der Waals surface area contributed by atoms with Gasteiger partial charge in [0.25, 0.3) is 5.09 Å². The molecule has 0 fully saturated rings. The van der Waals surface area contributed by atoms with Crippen LogP contribution in [0.4, 0.5) is 0 Å². The molecule has 5 nitrogen and oxygen atoms in total. The minimum atomic E-state index is -1.50. The van der Waals surface area contributed by atoms with E-state index in [1.54, 1.807) is 0 Å². The third-order valence-corrected chi connectivity index (χ3v) is 5.34. The van der Waals surface area contributed by atoms with E-state index < -0.39 is 5.09 Å². The van der Waals surface area contributed by atoms with Crippen molar-refractivity contribution in [2.45, 2.75) is 0 Å². The van der Waals surface area contributed by atoms with Crippen LogP contribution in [0.5, 0.6) is 0 Å². The Labute approximate surface area is 197 Å². The normalized spacial score (nSPS) is 10.1. The molecule has 0 aliphatic heterocycles. The maximum Gasteiger partial charge on any atom is 0.291 e. The predicted octanol–water partition coefficient (Wildman–Crippen LogP) is 7.40. The average Bonchev–Trinajstić information content (AvgIpc) is 2.89. The van der Waals surface area contributed by atoms with Crippen LogP contribution >= 0.6 is 0 Å². The molecule has 0 saturated carbocycles. The topological polar surface area (TPSA) is 76.3 Å². The first-order valence-corrected chi connectivity index (χ1v) is 10.7. The molecule has 5 rings (SSSR count). The summed E-state index contributed by atoms with van der Waals surface area (Å²) < 4.78 is 0. The van der Waals surface area contributed by atoms with Gasteiger partial charge in [0.05, 0.1) is 5.69 Å². The Morgan fingerprint density at radius 1 is 0.559 bits per heavy atom. The van der Waals surface area contributed by atoms with Crippen LogP contribution in [0.2, 0.25) is 0 Å². The molecular formula is C29H22N2O3. The molecule has 1 heterocycles. The molecule has 0 aliphatic carbocycles. The first-order valence-electron chi connectivity index (χ1n) is 10.7. The van der Waals surface area contributed by atoms with E-state index in [-0.39, 0.29) is 0 Å². The summed E-state index contributed by atoms with van der Waals surface area (Å²) in [4.78, 5) is 13.3. The van der Waals surface area contributed by atoms with Gasteiger partial charge in [0.1, 0.15) is 0 Å². The van der Waals surface area contributed by atoms with E-state index in [0.29, 0.717) is 0 Å². The van der Waals surface area contributed by atoms with Gasteiger partial charge in [0, 0.05) is 28.5 Å². The van der Waals surface area contributed by atoms with Crippen molar-refractivity contribution < 1.29 is 10.3 Å². The molecule has 1 N–H and O–H groups in total. The van der Waals surface area contributed by atoms with Crippen LogP contribution in [0.25, 0.3) is 44.6 Å². The minimum Gasteiger partial charge on any atom is -0.328 e. The van der Waals surface area contributed by atoms with E-state index in [0.717, 1.165) is 22.4 Å². The molecule has 0 amide bonds. The quantitative estimate of drug-likeness (QED) is 0.230. The summed E-state index contributed by atoms with van der Waals surface area (Å²) in [7, 11) is 0. The molecule has 34 heavy (non-hydrogen) atoms. The van der Waals surface area contributed by atoms with Gasteiger partial charge < -0.3 is 5.21 Å². The zero-order chi connectivity index (χ0) is 23.8. The van der Waals surface area contributed by atoms with Crippen LogP contribution in [0.15, 0.2) is 128 Å². The third kappa shape index (κ3) is 5.16. The molecule has 5 aromatic rings. The van der Waals surface area contributed by atoms with Crippen molar-refractivity contribution in [1.29, 1.82) is 0 Å². The van der Waals surface area contributed by atoms with Crippen molar-refractivity contribution in [1.82, 2.24) is 4.98 Å². The maximum atomic E-state index is 8.36. The van der Waals surface area contributed by atoms with Crippen LogP contribution in [-0.2, 0) is 0 Å². The monoisotopic (exact) mass is 446 g/mol. The van der Waals surface area contributed by atoms with E-state index in [9.17, 15) is 0 Å². The molecule has 4 aromatic carbocycles. The summed E-state index contributed by atoms with van der Waals surface area (Å²) in [6, 6.07) is 42.2. The highest BCUT2D eigenvalue weighted by Gasteiger charge is 2.19. The lowest BCUT2D eigenvalue weighted by Gasteiger charge is -2.19. The van der Waals surface area contributed by atoms with Gasteiger partial charge in [-0.05, 0) is 16.7 Å². The minimum absolute atomic E-state index is 1.00. The number of hydrogen-bond donors (Lipinski definition) is 1. The first-order chi connectivity index (χ1) is 16.6. The van der Waals surface area contributed by atoms with Crippen molar-refractivity contribution in [3.05, 3.63) is 138 Å². The number of hydrogen-bond acceptors (Lipinski definition) is 3. The molecule has 0 bridgehead atoms. The molecule has 0 aliphatic rings. The lowest BCUT2D eigenvalue weighted by Crippen LogP contribution is -1.97.